The van der Waals surface area contributed by atoms with Gasteiger partial charge in [-0.25, -0.2) is 19.2 Å². The zero-order chi connectivity index (χ0) is 27.0. The van der Waals surface area contributed by atoms with Gasteiger partial charge in [0.1, 0.15) is 0 Å². The third kappa shape index (κ3) is 19.3. The summed E-state index contributed by atoms with van der Waals surface area (Å²) in [7, 11) is 0. The molecule has 0 aromatic rings. The Hall–Kier alpha value is -3.04. The van der Waals surface area contributed by atoms with Crippen LogP contribution in [0.5, 0.6) is 0 Å². The van der Waals surface area contributed by atoms with Crippen LogP contribution < -0.4 is 10.6 Å². The van der Waals surface area contributed by atoms with Gasteiger partial charge in [-0.05, 0) is 50.4 Å². The summed E-state index contributed by atoms with van der Waals surface area (Å²) in [5.74, 6) is -1.04. The summed E-state index contributed by atoms with van der Waals surface area (Å²) >= 11 is 0. The van der Waals surface area contributed by atoms with Gasteiger partial charge in [0.25, 0.3) is 0 Å². The Morgan fingerprint density at radius 2 is 1.06 bits per heavy atom. The molecule has 2 amide bonds. The molecule has 0 rings (SSSR count). The van der Waals surface area contributed by atoms with Crippen molar-refractivity contribution in [2.75, 3.05) is 39.5 Å². The normalized spacial score (nSPS) is 10.4. The molecule has 0 heterocycles. The standard InChI is InChI=1S/C26H42N2O8/c1-5-21(6-2)19-35-25(31)27-15-11-9-10-12-16-28-26(32)36-20-22(13-17-33-23(29)7-3)14-18-34-24(30)8-4/h7-8,21-22H,1-6,9-20H2,(H,27,31)(H,28,32). The topological polar surface area (TPSA) is 129 Å². The third-order valence-corrected chi connectivity index (χ3v) is 5.23. The predicted molar refractivity (Wildman–Crippen MR) is 136 cm³/mol. The van der Waals surface area contributed by atoms with E-state index < -0.39 is 24.1 Å². The van der Waals surface area contributed by atoms with Crippen LogP contribution in [0.15, 0.2) is 25.3 Å². The van der Waals surface area contributed by atoms with Crippen LogP contribution in [0.1, 0.15) is 51.4 Å². The van der Waals surface area contributed by atoms with Crippen LogP contribution in [0.4, 0.5) is 9.59 Å². The molecule has 0 aliphatic carbocycles. The second-order valence-corrected chi connectivity index (χ2v) is 8.09. The van der Waals surface area contributed by atoms with Crippen molar-refractivity contribution in [1.29, 1.82) is 0 Å². The largest absolute Gasteiger partial charge is 0.463 e. The van der Waals surface area contributed by atoms with E-state index in [1.54, 1.807) is 0 Å². The van der Waals surface area contributed by atoms with Crippen LogP contribution in [0.3, 0.4) is 0 Å². The number of unbranched alkanes of at least 4 members (excludes halogenated alkanes) is 3. The summed E-state index contributed by atoms with van der Waals surface area (Å²) in [6.45, 7) is 15.9. The van der Waals surface area contributed by atoms with Crippen molar-refractivity contribution in [3.63, 3.8) is 0 Å². The lowest BCUT2D eigenvalue weighted by Gasteiger charge is -2.17. The molecule has 10 nitrogen and oxygen atoms in total. The number of hydrogen-bond acceptors (Lipinski definition) is 8. The maximum absolute atomic E-state index is 12.0. The van der Waals surface area contributed by atoms with Crippen molar-refractivity contribution < 1.29 is 38.1 Å². The molecule has 0 atom stereocenters. The molecule has 0 saturated carbocycles. The molecule has 2 N–H and O–H groups in total. The second-order valence-electron chi connectivity index (χ2n) is 8.09. The van der Waals surface area contributed by atoms with Gasteiger partial charge < -0.3 is 29.6 Å². The van der Waals surface area contributed by atoms with E-state index in [1.807, 2.05) is 0 Å². The molecular formula is C26H42N2O8. The summed E-state index contributed by atoms with van der Waals surface area (Å²) in [5.41, 5.74) is 0. The molecule has 0 aromatic heterocycles. The Labute approximate surface area is 215 Å². The van der Waals surface area contributed by atoms with E-state index in [-0.39, 0.29) is 31.7 Å². The number of nitrogens with one attached hydrogen (secondary N) is 2. The maximum atomic E-state index is 12.0. The minimum atomic E-state index is -0.543. The molecule has 10 heteroatoms. The molecule has 0 bridgehead atoms. The molecule has 2 radical (unpaired) electrons. The number of amides is 2. The Kier molecular flexibility index (Phi) is 20.5. The molecule has 0 aliphatic rings. The molecule has 0 unspecified atom stereocenters. The summed E-state index contributed by atoms with van der Waals surface area (Å²) < 4.78 is 20.3. The van der Waals surface area contributed by atoms with Crippen molar-refractivity contribution in [1.82, 2.24) is 10.6 Å². The van der Waals surface area contributed by atoms with Crippen molar-refractivity contribution in [2.45, 2.75) is 51.4 Å². The van der Waals surface area contributed by atoms with Crippen LogP contribution in [-0.2, 0) is 28.5 Å². The Balaban J connectivity index is 3.96. The van der Waals surface area contributed by atoms with Crippen molar-refractivity contribution in [2.24, 2.45) is 11.8 Å². The molecule has 0 aromatic carbocycles. The molecular weight excluding hydrogens is 468 g/mol. The lowest BCUT2D eigenvalue weighted by atomic mass is 10.0. The number of ether oxygens (including phenoxy) is 4. The Bertz CT molecular complexity index is 638. The quantitative estimate of drug-likeness (QED) is 0.103. The molecule has 0 fully saturated rings. The smallest absolute Gasteiger partial charge is 0.407 e. The van der Waals surface area contributed by atoms with Gasteiger partial charge in [0.05, 0.1) is 26.4 Å². The van der Waals surface area contributed by atoms with Gasteiger partial charge in [-0.3, -0.25) is 0 Å². The van der Waals surface area contributed by atoms with Gasteiger partial charge in [-0.1, -0.05) is 39.8 Å². The van der Waals surface area contributed by atoms with Gasteiger partial charge in [0.15, 0.2) is 0 Å². The van der Waals surface area contributed by atoms with Crippen LogP contribution >= 0.6 is 0 Å². The van der Waals surface area contributed by atoms with E-state index in [2.05, 4.69) is 37.6 Å². The fourth-order valence-electron chi connectivity index (χ4n) is 2.87. The highest BCUT2D eigenvalue weighted by atomic mass is 16.6. The monoisotopic (exact) mass is 510 g/mol. The number of carbonyl (C=O) groups excluding carboxylic acids is 4. The fourth-order valence-corrected chi connectivity index (χ4v) is 2.87. The molecule has 0 spiro atoms. The van der Waals surface area contributed by atoms with Crippen LogP contribution in [0, 0.1) is 25.7 Å². The average molecular weight is 511 g/mol. The first kappa shape index (κ1) is 33.0. The van der Waals surface area contributed by atoms with Crippen LogP contribution in [-0.4, -0.2) is 63.6 Å². The van der Waals surface area contributed by atoms with Gasteiger partial charge >= 0.3 is 24.1 Å². The predicted octanol–water partition coefficient (Wildman–Crippen LogP) is 3.92. The highest BCUT2D eigenvalue weighted by Gasteiger charge is 2.14. The number of esters is 2. The van der Waals surface area contributed by atoms with E-state index in [4.69, 9.17) is 18.9 Å². The van der Waals surface area contributed by atoms with Crippen LogP contribution in [0.2, 0.25) is 0 Å². The first-order valence-electron chi connectivity index (χ1n) is 12.3. The highest BCUT2D eigenvalue weighted by Crippen LogP contribution is 2.11. The Morgan fingerprint density at radius 3 is 1.44 bits per heavy atom. The van der Waals surface area contributed by atoms with Gasteiger partial charge in [0, 0.05) is 25.2 Å². The van der Waals surface area contributed by atoms with E-state index in [0.29, 0.717) is 45.4 Å². The SMILES string of the molecule is [CH2]CC(C[CH2])COC(=O)NCCCCCCNC(=O)OCC(CCOC(=O)C=C)CCOC(=O)C=C. The minimum absolute atomic E-state index is 0.0924. The highest BCUT2D eigenvalue weighted by molar-refractivity contribution is 5.81. The molecule has 36 heavy (non-hydrogen) atoms. The van der Waals surface area contributed by atoms with E-state index in [9.17, 15) is 19.2 Å². The van der Waals surface area contributed by atoms with Crippen molar-refractivity contribution >= 4 is 24.1 Å². The molecule has 0 saturated heterocycles. The third-order valence-electron chi connectivity index (χ3n) is 5.23. The number of carbonyl (C=O) groups is 4. The summed E-state index contributed by atoms with van der Waals surface area (Å²) in [4.78, 5) is 46.0. The van der Waals surface area contributed by atoms with Gasteiger partial charge in [-0.2, -0.15) is 0 Å². The number of alkyl carbamates (subject to hydrolysis) is 2. The lowest BCUT2D eigenvalue weighted by Crippen LogP contribution is -2.28. The van der Waals surface area contributed by atoms with E-state index in [0.717, 1.165) is 37.8 Å². The van der Waals surface area contributed by atoms with Crippen LogP contribution in [0.25, 0.3) is 0 Å². The lowest BCUT2D eigenvalue weighted by molar-refractivity contribution is -0.138. The minimum Gasteiger partial charge on any atom is -0.463 e. The Morgan fingerprint density at radius 1 is 0.639 bits per heavy atom. The second kappa shape index (κ2) is 22.4. The fraction of sp³-hybridized carbons (Fsp3) is 0.615. The summed E-state index contributed by atoms with van der Waals surface area (Å²) in [5, 5.41) is 5.41. The average Bonchev–Trinajstić information content (AvgIpc) is 2.88. The van der Waals surface area contributed by atoms with Crippen molar-refractivity contribution in [3.05, 3.63) is 39.2 Å². The van der Waals surface area contributed by atoms with Gasteiger partial charge in [0.2, 0.25) is 0 Å². The first-order valence-corrected chi connectivity index (χ1v) is 12.3. The molecule has 0 aliphatic heterocycles. The van der Waals surface area contributed by atoms with Crippen molar-refractivity contribution in [3.8, 4) is 0 Å². The molecule has 204 valence electrons. The number of rotatable bonds is 21. The van der Waals surface area contributed by atoms with E-state index >= 15 is 0 Å². The summed E-state index contributed by atoms with van der Waals surface area (Å²) in [6, 6.07) is 0. The zero-order valence-corrected chi connectivity index (χ0v) is 21.3. The number of hydrogen-bond donors (Lipinski definition) is 2. The van der Waals surface area contributed by atoms with Gasteiger partial charge in [-0.15, -0.1) is 0 Å². The maximum Gasteiger partial charge on any atom is 0.407 e. The summed E-state index contributed by atoms with van der Waals surface area (Å²) in [6.07, 6.45) is 6.76. The zero-order valence-electron chi connectivity index (χ0n) is 21.3. The van der Waals surface area contributed by atoms with E-state index in [1.165, 1.54) is 0 Å². The first-order chi connectivity index (χ1) is 17.4.